The van der Waals surface area contributed by atoms with Gasteiger partial charge < -0.3 is 39.0 Å². The molecular formula is C31H38N2O6. The number of aliphatic hydroxyl groups is 1. The summed E-state index contributed by atoms with van der Waals surface area (Å²) in [5.41, 5.74) is 3.21. The molecule has 0 radical (unpaired) electrons. The molecule has 0 aromatic heterocycles. The molecule has 8 nitrogen and oxygen atoms in total. The Labute approximate surface area is 230 Å². The van der Waals surface area contributed by atoms with Gasteiger partial charge in [-0.05, 0) is 66.1 Å². The molecule has 2 aliphatic rings. The molecule has 208 valence electrons. The molecule has 3 aromatic carbocycles. The SMILES string of the molecule is COCCCN1CCOc2ccc(COC3CNCC(O)C3c3ccc(Oc4ccc(OC)cc4)cc3)cc21. The molecular weight excluding hydrogens is 496 g/mol. The minimum absolute atomic E-state index is 0.146. The van der Waals surface area contributed by atoms with Gasteiger partial charge in [0, 0.05) is 39.3 Å². The van der Waals surface area contributed by atoms with Crippen molar-refractivity contribution in [1.82, 2.24) is 5.32 Å². The van der Waals surface area contributed by atoms with Crippen LogP contribution in [0.4, 0.5) is 5.69 Å². The van der Waals surface area contributed by atoms with Gasteiger partial charge in [-0.1, -0.05) is 18.2 Å². The van der Waals surface area contributed by atoms with Gasteiger partial charge in [0.2, 0.25) is 0 Å². The first-order valence-corrected chi connectivity index (χ1v) is 13.6. The quantitative estimate of drug-likeness (QED) is 0.352. The van der Waals surface area contributed by atoms with Crippen LogP contribution >= 0.6 is 0 Å². The summed E-state index contributed by atoms with van der Waals surface area (Å²) in [7, 11) is 3.37. The number of hydrogen-bond donors (Lipinski definition) is 2. The number of nitrogens with one attached hydrogen (secondary N) is 1. The third-order valence-corrected chi connectivity index (χ3v) is 7.30. The fourth-order valence-corrected chi connectivity index (χ4v) is 5.26. The van der Waals surface area contributed by atoms with Crippen molar-refractivity contribution in [2.75, 3.05) is 58.5 Å². The van der Waals surface area contributed by atoms with E-state index < -0.39 is 6.10 Å². The van der Waals surface area contributed by atoms with Gasteiger partial charge in [-0.15, -0.1) is 0 Å². The molecule has 3 unspecified atom stereocenters. The summed E-state index contributed by atoms with van der Waals surface area (Å²) in [5, 5.41) is 14.2. The van der Waals surface area contributed by atoms with E-state index in [9.17, 15) is 5.11 Å². The molecule has 3 aromatic rings. The molecule has 5 rings (SSSR count). The lowest BCUT2D eigenvalue weighted by Gasteiger charge is -2.36. The zero-order valence-electron chi connectivity index (χ0n) is 22.7. The Bertz CT molecular complexity index is 1190. The minimum Gasteiger partial charge on any atom is -0.497 e. The van der Waals surface area contributed by atoms with Gasteiger partial charge in [-0.2, -0.15) is 0 Å². The summed E-state index contributed by atoms with van der Waals surface area (Å²) in [6.07, 6.45) is 0.242. The largest absolute Gasteiger partial charge is 0.497 e. The first-order valence-electron chi connectivity index (χ1n) is 13.6. The van der Waals surface area contributed by atoms with Crippen LogP contribution in [0.25, 0.3) is 0 Å². The van der Waals surface area contributed by atoms with E-state index in [0.29, 0.717) is 26.3 Å². The number of β-amino-alcohol motifs (C(OH)–C–C–N with tert-alkyl or cyclic N) is 1. The van der Waals surface area contributed by atoms with Crippen LogP contribution in [-0.4, -0.2) is 70.9 Å². The van der Waals surface area contributed by atoms with Crippen molar-refractivity contribution in [2.24, 2.45) is 0 Å². The normalized spacial score (nSPS) is 20.7. The lowest BCUT2D eigenvalue weighted by Crippen LogP contribution is -2.49. The highest BCUT2D eigenvalue weighted by molar-refractivity contribution is 5.61. The molecule has 2 aliphatic heterocycles. The third-order valence-electron chi connectivity index (χ3n) is 7.30. The van der Waals surface area contributed by atoms with Gasteiger partial charge in [-0.3, -0.25) is 0 Å². The van der Waals surface area contributed by atoms with Crippen LogP contribution in [0.5, 0.6) is 23.0 Å². The van der Waals surface area contributed by atoms with Gasteiger partial charge in [0.1, 0.15) is 29.6 Å². The fraction of sp³-hybridized carbons (Fsp3) is 0.419. The molecule has 0 aliphatic carbocycles. The summed E-state index contributed by atoms with van der Waals surface area (Å²) < 4.78 is 28.7. The highest BCUT2D eigenvalue weighted by atomic mass is 16.5. The number of rotatable bonds is 11. The maximum atomic E-state index is 10.9. The standard InChI is InChI=1S/C31H38N2O6/c1-35-16-3-14-33-15-17-37-29-13-4-22(18-27(29)33)21-38-30-20-32-19-28(34)31(30)23-5-7-25(8-6-23)39-26-11-9-24(36-2)10-12-26/h4-13,18,28,30-32,34H,3,14-17,19-21H2,1-2H3. The second kappa shape index (κ2) is 13.2. The lowest BCUT2D eigenvalue weighted by molar-refractivity contribution is -0.0328. The van der Waals surface area contributed by atoms with Gasteiger partial charge in [-0.25, -0.2) is 0 Å². The molecule has 39 heavy (non-hydrogen) atoms. The zero-order chi connectivity index (χ0) is 27.0. The molecule has 1 saturated heterocycles. The maximum Gasteiger partial charge on any atom is 0.142 e. The zero-order valence-corrected chi connectivity index (χ0v) is 22.7. The van der Waals surface area contributed by atoms with E-state index in [2.05, 4.69) is 22.3 Å². The Hall–Kier alpha value is -3.30. The van der Waals surface area contributed by atoms with Crippen molar-refractivity contribution in [3.63, 3.8) is 0 Å². The monoisotopic (exact) mass is 534 g/mol. The van der Waals surface area contributed by atoms with Crippen molar-refractivity contribution in [3.05, 3.63) is 77.9 Å². The fourth-order valence-electron chi connectivity index (χ4n) is 5.26. The third kappa shape index (κ3) is 6.83. The van der Waals surface area contributed by atoms with Crippen LogP contribution in [0.15, 0.2) is 66.7 Å². The Morgan fingerprint density at radius 1 is 0.949 bits per heavy atom. The van der Waals surface area contributed by atoms with E-state index in [1.54, 1.807) is 14.2 Å². The average Bonchev–Trinajstić information content (AvgIpc) is 2.97. The molecule has 0 saturated carbocycles. The van der Waals surface area contributed by atoms with Crippen LogP contribution < -0.4 is 24.4 Å². The molecule has 0 bridgehead atoms. The van der Waals surface area contributed by atoms with Gasteiger partial charge in [0.05, 0.1) is 38.2 Å². The first kappa shape index (κ1) is 27.3. The van der Waals surface area contributed by atoms with E-state index in [4.69, 9.17) is 23.7 Å². The van der Waals surface area contributed by atoms with Crippen LogP contribution in [0.2, 0.25) is 0 Å². The molecule has 0 spiro atoms. The molecule has 3 atom stereocenters. The van der Waals surface area contributed by atoms with Crippen LogP contribution in [-0.2, 0) is 16.1 Å². The van der Waals surface area contributed by atoms with Gasteiger partial charge in [0.25, 0.3) is 0 Å². The Kier molecular flexibility index (Phi) is 9.21. The van der Waals surface area contributed by atoms with Crippen LogP contribution in [0.1, 0.15) is 23.5 Å². The predicted molar refractivity (Wildman–Crippen MR) is 150 cm³/mol. The average molecular weight is 535 g/mol. The van der Waals surface area contributed by atoms with E-state index in [1.165, 1.54) is 0 Å². The Balaban J connectivity index is 1.24. The van der Waals surface area contributed by atoms with E-state index in [0.717, 1.165) is 65.9 Å². The molecule has 2 heterocycles. The van der Waals surface area contributed by atoms with Crippen LogP contribution in [0, 0.1) is 0 Å². The van der Waals surface area contributed by atoms with Crippen molar-refractivity contribution >= 4 is 5.69 Å². The number of nitrogens with zero attached hydrogens (tertiary/aromatic N) is 1. The number of piperidine rings is 1. The molecule has 8 heteroatoms. The number of fused-ring (bicyclic) bond motifs is 1. The maximum absolute atomic E-state index is 10.9. The first-order chi connectivity index (χ1) is 19.1. The predicted octanol–water partition coefficient (Wildman–Crippen LogP) is 4.36. The van der Waals surface area contributed by atoms with Crippen molar-refractivity contribution in [2.45, 2.75) is 31.2 Å². The number of hydrogen-bond acceptors (Lipinski definition) is 8. The second-order valence-corrected chi connectivity index (χ2v) is 9.93. The van der Waals surface area contributed by atoms with Gasteiger partial charge >= 0.3 is 0 Å². The molecule has 2 N–H and O–H groups in total. The summed E-state index contributed by atoms with van der Waals surface area (Å²) in [6.45, 7) is 4.86. The number of aliphatic hydroxyl groups excluding tert-OH is 1. The van der Waals surface area contributed by atoms with Crippen molar-refractivity contribution in [3.8, 4) is 23.0 Å². The van der Waals surface area contributed by atoms with Crippen LogP contribution in [0.3, 0.4) is 0 Å². The van der Waals surface area contributed by atoms with Crippen molar-refractivity contribution in [1.29, 1.82) is 0 Å². The lowest BCUT2D eigenvalue weighted by atomic mass is 9.85. The van der Waals surface area contributed by atoms with Crippen molar-refractivity contribution < 1.29 is 28.8 Å². The smallest absolute Gasteiger partial charge is 0.142 e. The summed E-state index contributed by atoms with van der Waals surface area (Å²) in [4.78, 5) is 2.35. The molecule has 0 amide bonds. The number of anilines is 1. The number of methoxy groups -OCH3 is 2. The van der Waals surface area contributed by atoms with E-state index in [-0.39, 0.29) is 12.0 Å². The van der Waals surface area contributed by atoms with E-state index in [1.807, 2.05) is 54.6 Å². The number of ether oxygens (including phenoxy) is 5. The highest BCUT2D eigenvalue weighted by Gasteiger charge is 2.34. The van der Waals surface area contributed by atoms with E-state index >= 15 is 0 Å². The summed E-state index contributed by atoms with van der Waals surface area (Å²) in [6, 6.07) is 21.6. The summed E-state index contributed by atoms with van der Waals surface area (Å²) in [5.74, 6) is 3.02. The van der Waals surface area contributed by atoms with Gasteiger partial charge in [0.15, 0.2) is 0 Å². The molecule has 1 fully saturated rings. The minimum atomic E-state index is -0.551. The highest BCUT2D eigenvalue weighted by Crippen LogP contribution is 2.34. The topological polar surface area (TPSA) is 81.7 Å². The Morgan fingerprint density at radius 2 is 1.69 bits per heavy atom. The summed E-state index contributed by atoms with van der Waals surface area (Å²) >= 11 is 0. The number of benzene rings is 3. The Morgan fingerprint density at radius 3 is 2.44 bits per heavy atom. The second-order valence-electron chi connectivity index (χ2n) is 9.93.